The summed E-state index contributed by atoms with van der Waals surface area (Å²) in [5, 5.41) is 0. The molecule has 2 heteroatoms. The second-order valence-corrected chi connectivity index (χ2v) is 5.17. The lowest BCUT2D eigenvalue weighted by atomic mass is 9.89. The minimum atomic E-state index is 0.267. The second-order valence-electron chi connectivity index (χ2n) is 5.17. The third-order valence-corrected chi connectivity index (χ3v) is 3.45. The SMILES string of the molecule is CC1(C)CCCC1Oc1ccc(C=O)cc1. The van der Waals surface area contributed by atoms with Gasteiger partial charge in [0.15, 0.2) is 0 Å². The van der Waals surface area contributed by atoms with Gasteiger partial charge in [0, 0.05) is 11.0 Å². The standard InChI is InChI=1S/C14H18O2/c1-14(2)9-3-4-13(14)16-12-7-5-11(10-15)6-8-12/h5-8,10,13H,3-4,9H2,1-2H3. The zero-order valence-electron chi connectivity index (χ0n) is 9.90. The van der Waals surface area contributed by atoms with Crippen LogP contribution >= 0.6 is 0 Å². The van der Waals surface area contributed by atoms with Crippen LogP contribution in [0.2, 0.25) is 0 Å². The Morgan fingerprint density at radius 1 is 1.31 bits per heavy atom. The number of ether oxygens (including phenoxy) is 1. The van der Waals surface area contributed by atoms with Crippen LogP contribution in [0.15, 0.2) is 24.3 Å². The molecule has 2 rings (SSSR count). The molecule has 0 amide bonds. The molecule has 0 aromatic heterocycles. The number of rotatable bonds is 3. The van der Waals surface area contributed by atoms with Crippen LogP contribution in [0.3, 0.4) is 0 Å². The number of aldehydes is 1. The van der Waals surface area contributed by atoms with Gasteiger partial charge < -0.3 is 4.74 Å². The van der Waals surface area contributed by atoms with Crippen LogP contribution in [-0.4, -0.2) is 12.4 Å². The van der Waals surface area contributed by atoms with E-state index in [1.807, 2.05) is 12.1 Å². The van der Waals surface area contributed by atoms with Crippen LogP contribution in [0, 0.1) is 5.41 Å². The lowest BCUT2D eigenvalue weighted by Crippen LogP contribution is -2.28. The van der Waals surface area contributed by atoms with Gasteiger partial charge in [-0.1, -0.05) is 13.8 Å². The molecule has 1 aliphatic rings. The molecule has 1 fully saturated rings. The molecule has 86 valence electrons. The molecule has 1 unspecified atom stereocenters. The Hall–Kier alpha value is -1.31. The van der Waals surface area contributed by atoms with Crippen molar-refractivity contribution in [3.8, 4) is 5.75 Å². The quantitative estimate of drug-likeness (QED) is 0.726. The zero-order chi connectivity index (χ0) is 11.6. The molecule has 1 aromatic carbocycles. The first-order valence-corrected chi connectivity index (χ1v) is 5.84. The summed E-state index contributed by atoms with van der Waals surface area (Å²) in [6.07, 6.45) is 4.74. The highest BCUT2D eigenvalue weighted by Crippen LogP contribution is 2.39. The summed E-state index contributed by atoms with van der Waals surface area (Å²) in [7, 11) is 0. The molecular formula is C14H18O2. The molecule has 0 heterocycles. The highest BCUT2D eigenvalue weighted by atomic mass is 16.5. The van der Waals surface area contributed by atoms with Crippen molar-refractivity contribution in [2.24, 2.45) is 5.41 Å². The van der Waals surface area contributed by atoms with Crippen molar-refractivity contribution < 1.29 is 9.53 Å². The molecule has 0 bridgehead atoms. The summed E-state index contributed by atoms with van der Waals surface area (Å²) in [6, 6.07) is 7.34. The highest BCUT2D eigenvalue weighted by Gasteiger charge is 2.36. The van der Waals surface area contributed by atoms with E-state index >= 15 is 0 Å². The maximum atomic E-state index is 10.5. The number of hydrogen-bond donors (Lipinski definition) is 0. The minimum Gasteiger partial charge on any atom is -0.490 e. The number of carbonyl (C=O) groups excluding carboxylic acids is 1. The van der Waals surface area contributed by atoms with Gasteiger partial charge in [-0.05, 0) is 43.5 Å². The maximum Gasteiger partial charge on any atom is 0.150 e. The zero-order valence-corrected chi connectivity index (χ0v) is 9.90. The Morgan fingerprint density at radius 3 is 2.50 bits per heavy atom. The molecule has 0 spiro atoms. The van der Waals surface area contributed by atoms with E-state index in [2.05, 4.69) is 13.8 Å². The van der Waals surface area contributed by atoms with E-state index in [1.165, 1.54) is 12.8 Å². The van der Waals surface area contributed by atoms with Crippen LogP contribution in [0.1, 0.15) is 43.5 Å². The first kappa shape index (κ1) is 11.2. The lowest BCUT2D eigenvalue weighted by Gasteiger charge is -2.27. The number of carbonyl (C=O) groups is 1. The molecule has 1 aliphatic carbocycles. The molecule has 0 saturated heterocycles. The molecule has 1 atom stereocenters. The smallest absolute Gasteiger partial charge is 0.150 e. The van der Waals surface area contributed by atoms with Crippen molar-refractivity contribution in [2.75, 3.05) is 0 Å². The summed E-state index contributed by atoms with van der Waals surface area (Å²) in [5.41, 5.74) is 0.960. The molecule has 0 aliphatic heterocycles. The van der Waals surface area contributed by atoms with Crippen LogP contribution in [0.25, 0.3) is 0 Å². The van der Waals surface area contributed by atoms with E-state index in [9.17, 15) is 4.79 Å². The molecular weight excluding hydrogens is 200 g/mol. The van der Waals surface area contributed by atoms with E-state index in [0.29, 0.717) is 11.7 Å². The van der Waals surface area contributed by atoms with Gasteiger partial charge in [-0.3, -0.25) is 4.79 Å². The lowest BCUT2D eigenvalue weighted by molar-refractivity contribution is 0.103. The van der Waals surface area contributed by atoms with Crippen molar-refractivity contribution in [1.82, 2.24) is 0 Å². The third kappa shape index (κ3) is 2.26. The topological polar surface area (TPSA) is 26.3 Å². The van der Waals surface area contributed by atoms with Crippen LogP contribution in [0.4, 0.5) is 0 Å². The minimum absolute atomic E-state index is 0.267. The Balaban J connectivity index is 2.06. The molecule has 16 heavy (non-hydrogen) atoms. The average Bonchev–Trinajstić information content (AvgIpc) is 2.59. The van der Waals surface area contributed by atoms with Crippen molar-refractivity contribution in [3.05, 3.63) is 29.8 Å². The van der Waals surface area contributed by atoms with E-state index in [0.717, 1.165) is 18.5 Å². The summed E-state index contributed by atoms with van der Waals surface area (Å²) >= 11 is 0. The Morgan fingerprint density at radius 2 is 2.00 bits per heavy atom. The van der Waals surface area contributed by atoms with Crippen molar-refractivity contribution in [1.29, 1.82) is 0 Å². The monoisotopic (exact) mass is 218 g/mol. The van der Waals surface area contributed by atoms with Crippen molar-refractivity contribution in [3.63, 3.8) is 0 Å². The van der Waals surface area contributed by atoms with Crippen molar-refractivity contribution in [2.45, 2.75) is 39.2 Å². The second kappa shape index (κ2) is 4.28. The predicted octanol–water partition coefficient (Wildman–Crippen LogP) is 3.46. The van der Waals surface area contributed by atoms with Gasteiger partial charge in [-0.15, -0.1) is 0 Å². The van der Waals surface area contributed by atoms with E-state index in [1.54, 1.807) is 12.1 Å². The normalized spacial score (nSPS) is 23.0. The van der Waals surface area contributed by atoms with E-state index in [4.69, 9.17) is 4.74 Å². The third-order valence-electron chi connectivity index (χ3n) is 3.45. The summed E-state index contributed by atoms with van der Waals surface area (Å²) in [4.78, 5) is 10.5. The number of hydrogen-bond acceptors (Lipinski definition) is 2. The Kier molecular flexibility index (Phi) is 2.99. The molecule has 0 radical (unpaired) electrons. The van der Waals surface area contributed by atoms with Crippen LogP contribution in [0.5, 0.6) is 5.75 Å². The fourth-order valence-electron chi connectivity index (χ4n) is 2.30. The van der Waals surface area contributed by atoms with Crippen LogP contribution < -0.4 is 4.74 Å². The molecule has 1 aromatic rings. The Labute approximate surface area is 96.6 Å². The fraction of sp³-hybridized carbons (Fsp3) is 0.500. The molecule has 0 N–H and O–H groups in total. The fourth-order valence-corrected chi connectivity index (χ4v) is 2.30. The molecule has 1 saturated carbocycles. The van der Waals surface area contributed by atoms with E-state index in [-0.39, 0.29) is 5.41 Å². The van der Waals surface area contributed by atoms with Gasteiger partial charge in [0.1, 0.15) is 18.1 Å². The maximum absolute atomic E-state index is 10.5. The summed E-state index contributed by atoms with van der Waals surface area (Å²) < 4.78 is 5.97. The van der Waals surface area contributed by atoms with Gasteiger partial charge in [0.25, 0.3) is 0 Å². The Bertz CT molecular complexity index is 365. The van der Waals surface area contributed by atoms with Gasteiger partial charge in [-0.25, -0.2) is 0 Å². The summed E-state index contributed by atoms with van der Waals surface area (Å²) in [5.74, 6) is 0.866. The first-order valence-electron chi connectivity index (χ1n) is 5.84. The number of benzene rings is 1. The van der Waals surface area contributed by atoms with Crippen LogP contribution in [-0.2, 0) is 0 Å². The van der Waals surface area contributed by atoms with Gasteiger partial charge in [0.05, 0.1) is 0 Å². The highest BCUT2D eigenvalue weighted by molar-refractivity contribution is 5.74. The predicted molar refractivity (Wildman–Crippen MR) is 63.9 cm³/mol. The average molecular weight is 218 g/mol. The first-order chi connectivity index (χ1) is 7.62. The van der Waals surface area contributed by atoms with Gasteiger partial charge in [-0.2, -0.15) is 0 Å². The summed E-state index contributed by atoms with van der Waals surface area (Å²) in [6.45, 7) is 4.51. The van der Waals surface area contributed by atoms with E-state index < -0.39 is 0 Å². The van der Waals surface area contributed by atoms with Gasteiger partial charge in [0.2, 0.25) is 0 Å². The van der Waals surface area contributed by atoms with Crippen molar-refractivity contribution >= 4 is 6.29 Å². The largest absolute Gasteiger partial charge is 0.490 e. The molecule has 2 nitrogen and oxygen atoms in total. The van der Waals surface area contributed by atoms with Gasteiger partial charge >= 0.3 is 0 Å².